The van der Waals surface area contributed by atoms with Crippen molar-refractivity contribution in [1.82, 2.24) is 4.98 Å². The Morgan fingerprint density at radius 2 is 1.74 bits per heavy atom. The quantitative estimate of drug-likeness (QED) is 0.866. The summed E-state index contributed by atoms with van der Waals surface area (Å²) in [7, 11) is 0. The van der Waals surface area contributed by atoms with Crippen molar-refractivity contribution in [2.75, 3.05) is 5.73 Å². The highest BCUT2D eigenvalue weighted by molar-refractivity contribution is 6.00. The van der Waals surface area contributed by atoms with E-state index in [2.05, 4.69) is 4.98 Å². The Morgan fingerprint density at radius 3 is 2.37 bits per heavy atom. The summed E-state index contributed by atoms with van der Waals surface area (Å²) in [5.41, 5.74) is 10.6. The molecule has 4 heteroatoms. The van der Waals surface area contributed by atoms with Crippen molar-refractivity contribution in [3.63, 3.8) is 0 Å². The van der Waals surface area contributed by atoms with E-state index in [1.54, 1.807) is 6.07 Å². The standard InChI is InChI=1S/C15H16N2O2/c1-8-6-10(3)12(7-9(8)2)11-4-5-17-14(16)13(11)15(18)19/h4-7H,1-3H3,(H2,16,17)(H,18,19). The maximum Gasteiger partial charge on any atom is 0.340 e. The number of benzene rings is 1. The third kappa shape index (κ3) is 2.29. The van der Waals surface area contributed by atoms with Crippen molar-refractivity contribution in [3.8, 4) is 11.1 Å². The van der Waals surface area contributed by atoms with Crippen LogP contribution in [0.1, 0.15) is 27.0 Å². The van der Waals surface area contributed by atoms with Crippen molar-refractivity contribution in [2.45, 2.75) is 20.8 Å². The summed E-state index contributed by atoms with van der Waals surface area (Å²) in [4.78, 5) is 15.2. The Kier molecular flexibility index (Phi) is 3.25. The molecule has 1 aromatic heterocycles. The summed E-state index contributed by atoms with van der Waals surface area (Å²) in [6.07, 6.45) is 1.53. The van der Waals surface area contributed by atoms with Crippen molar-refractivity contribution >= 4 is 11.8 Å². The van der Waals surface area contributed by atoms with Crippen molar-refractivity contribution < 1.29 is 9.90 Å². The van der Waals surface area contributed by atoms with Gasteiger partial charge >= 0.3 is 5.97 Å². The van der Waals surface area contributed by atoms with Gasteiger partial charge in [0, 0.05) is 11.8 Å². The highest BCUT2D eigenvalue weighted by Gasteiger charge is 2.17. The van der Waals surface area contributed by atoms with E-state index in [-0.39, 0.29) is 11.4 Å². The lowest BCUT2D eigenvalue weighted by atomic mass is 9.93. The largest absolute Gasteiger partial charge is 0.478 e. The first-order chi connectivity index (χ1) is 8.91. The third-order valence-electron chi connectivity index (χ3n) is 3.33. The predicted octanol–water partition coefficient (Wildman–Crippen LogP) is 2.95. The zero-order chi connectivity index (χ0) is 14.2. The Balaban J connectivity index is 2.76. The van der Waals surface area contributed by atoms with Crippen LogP contribution in [0.4, 0.5) is 5.82 Å². The fraction of sp³-hybridized carbons (Fsp3) is 0.200. The summed E-state index contributed by atoms with van der Waals surface area (Å²) in [6.45, 7) is 6.00. The van der Waals surface area contributed by atoms with Crippen molar-refractivity contribution in [2.24, 2.45) is 0 Å². The average Bonchev–Trinajstić information content (AvgIpc) is 2.33. The molecule has 0 atom stereocenters. The molecule has 0 aliphatic carbocycles. The molecule has 4 nitrogen and oxygen atoms in total. The number of anilines is 1. The molecule has 0 saturated carbocycles. The number of carboxylic acid groups (broad SMARTS) is 1. The van der Waals surface area contributed by atoms with Crippen LogP contribution in [0.2, 0.25) is 0 Å². The molecule has 0 aliphatic rings. The lowest BCUT2D eigenvalue weighted by Gasteiger charge is -2.13. The van der Waals surface area contributed by atoms with Gasteiger partial charge in [-0.3, -0.25) is 0 Å². The van der Waals surface area contributed by atoms with Crippen LogP contribution in [-0.2, 0) is 0 Å². The van der Waals surface area contributed by atoms with Gasteiger partial charge in [-0.05, 0) is 49.1 Å². The molecule has 19 heavy (non-hydrogen) atoms. The first-order valence-corrected chi connectivity index (χ1v) is 5.97. The first kappa shape index (κ1) is 13.1. The number of nitrogen functional groups attached to an aromatic ring is 1. The molecule has 2 aromatic rings. The maximum absolute atomic E-state index is 11.4. The number of nitrogens with zero attached hydrogens (tertiary/aromatic N) is 1. The second-order valence-corrected chi connectivity index (χ2v) is 4.68. The van der Waals surface area contributed by atoms with Gasteiger partial charge in [0.1, 0.15) is 11.4 Å². The Labute approximate surface area is 111 Å². The molecule has 2 rings (SSSR count). The highest BCUT2D eigenvalue weighted by atomic mass is 16.4. The molecule has 3 N–H and O–H groups in total. The molecule has 1 heterocycles. The van der Waals surface area contributed by atoms with E-state index in [1.165, 1.54) is 11.8 Å². The second-order valence-electron chi connectivity index (χ2n) is 4.68. The van der Waals surface area contributed by atoms with E-state index < -0.39 is 5.97 Å². The minimum absolute atomic E-state index is 0.0441. The SMILES string of the molecule is Cc1cc(C)c(-c2ccnc(N)c2C(=O)O)cc1C. The highest BCUT2D eigenvalue weighted by Crippen LogP contribution is 2.31. The van der Waals surface area contributed by atoms with Gasteiger partial charge in [0.05, 0.1) is 0 Å². The van der Waals surface area contributed by atoms with Gasteiger partial charge in [-0.25, -0.2) is 9.78 Å². The van der Waals surface area contributed by atoms with Crippen LogP contribution in [0.25, 0.3) is 11.1 Å². The van der Waals surface area contributed by atoms with Crippen molar-refractivity contribution in [3.05, 3.63) is 46.6 Å². The van der Waals surface area contributed by atoms with Crippen LogP contribution in [0.15, 0.2) is 24.4 Å². The van der Waals surface area contributed by atoms with Gasteiger partial charge < -0.3 is 10.8 Å². The molecule has 0 spiro atoms. The summed E-state index contributed by atoms with van der Waals surface area (Å²) >= 11 is 0. The van der Waals surface area contributed by atoms with Crippen LogP contribution >= 0.6 is 0 Å². The minimum atomic E-state index is -1.06. The van der Waals surface area contributed by atoms with E-state index >= 15 is 0 Å². The monoisotopic (exact) mass is 256 g/mol. The van der Waals surface area contributed by atoms with Gasteiger partial charge in [0.2, 0.25) is 0 Å². The number of nitrogens with two attached hydrogens (primary N) is 1. The Hall–Kier alpha value is -2.36. The summed E-state index contributed by atoms with van der Waals surface area (Å²) < 4.78 is 0. The zero-order valence-electron chi connectivity index (χ0n) is 11.2. The molecule has 0 saturated heterocycles. The summed E-state index contributed by atoms with van der Waals surface area (Å²) in [5.74, 6) is -1.01. The number of carbonyl (C=O) groups is 1. The molecular formula is C15H16N2O2. The number of pyridine rings is 1. The number of aryl methyl sites for hydroxylation is 3. The smallest absolute Gasteiger partial charge is 0.340 e. The molecule has 0 unspecified atom stereocenters. The Bertz CT molecular complexity index is 663. The van der Waals surface area contributed by atoms with Gasteiger partial charge in [-0.15, -0.1) is 0 Å². The lowest BCUT2D eigenvalue weighted by molar-refractivity contribution is 0.0698. The van der Waals surface area contributed by atoms with E-state index in [9.17, 15) is 9.90 Å². The summed E-state index contributed by atoms with van der Waals surface area (Å²) in [5, 5.41) is 9.30. The number of carboxylic acids is 1. The molecule has 0 radical (unpaired) electrons. The average molecular weight is 256 g/mol. The second kappa shape index (κ2) is 4.72. The molecule has 98 valence electrons. The molecular weight excluding hydrogens is 240 g/mol. The van der Waals surface area contributed by atoms with Crippen LogP contribution < -0.4 is 5.73 Å². The lowest BCUT2D eigenvalue weighted by Crippen LogP contribution is -2.07. The van der Waals surface area contributed by atoms with Crippen LogP contribution in [0, 0.1) is 20.8 Å². The molecule has 1 aromatic carbocycles. The van der Waals surface area contributed by atoms with Crippen LogP contribution in [0.3, 0.4) is 0 Å². The number of aromatic nitrogens is 1. The topological polar surface area (TPSA) is 76.2 Å². The summed E-state index contributed by atoms with van der Waals surface area (Å²) in [6, 6.07) is 5.73. The zero-order valence-corrected chi connectivity index (χ0v) is 11.2. The fourth-order valence-electron chi connectivity index (χ4n) is 2.18. The number of hydrogen-bond donors (Lipinski definition) is 2. The molecule has 0 aliphatic heterocycles. The van der Waals surface area contributed by atoms with E-state index in [1.807, 2.05) is 32.9 Å². The van der Waals surface area contributed by atoms with Crippen LogP contribution in [0.5, 0.6) is 0 Å². The van der Waals surface area contributed by atoms with Gasteiger partial charge in [0.25, 0.3) is 0 Å². The third-order valence-corrected chi connectivity index (χ3v) is 3.33. The van der Waals surface area contributed by atoms with E-state index in [0.717, 1.165) is 16.7 Å². The maximum atomic E-state index is 11.4. The van der Waals surface area contributed by atoms with Gasteiger partial charge in [-0.2, -0.15) is 0 Å². The molecule has 0 fully saturated rings. The normalized spacial score (nSPS) is 10.5. The Morgan fingerprint density at radius 1 is 1.11 bits per heavy atom. The first-order valence-electron chi connectivity index (χ1n) is 5.97. The number of hydrogen-bond acceptors (Lipinski definition) is 3. The van der Waals surface area contributed by atoms with Gasteiger partial charge in [-0.1, -0.05) is 12.1 Å². The minimum Gasteiger partial charge on any atom is -0.478 e. The van der Waals surface area contributed by atoms with E-state index in [0.29, 0.717) is 5.56 Å². The number of aromatic carboxylic acids is 1. The molecule has 0 bridgehead atoms. The van der Waals surface area contributed by atoms with Crippen LogP contribution in [-0.4, -0.2) is 16.1 Å². The van der Waals surface area contributed by atoms with Crippen molar-refractivity contribution in [1.29, 1.82) is 0 Å². The fourth-order valence-corrected chi connectivity index (χ4v) is 2.18. The predicted molar refractivity (Wildman–Crippen MR) is 75.3 cm³/mol. The molecule has 0 amide bonds. The number of rotatable bonds is 2. The van der Waals surface area contributed by atoms with E-state index in [4.69, 9.17) is 5.73 Å². The van der Waals surface area contributed by atoms with Gasteiger partial charge in [0.15, 0.2) is 0 Å².